The maximum absolute atomic E-state index is 12.5. The van der Waals surface area contributed by atoms with Crippen LogP contribution in [0.15, 0.2) is 47.9 Å². The number of carbonyl (C=O) groups excluding carboxylic acids is 1. The normalized spacial score (nSPS) is 16.9. The van der Waals surface area contributed by atoms with Crippen LogP contribution in [-0.2, 0) is 21.3 Å². The number of unbranched alkanes of at least 4 members (excludes halogenated alkanes) is 1. The number of aromatic nitrogens is 2. The van der Waals surface area contributed by atoms with Crippen molar-refractivity contribution in [3.63, 3.8) is 0 Å². The molecule has 1 fully saturated rings. The first kappa shape index (κ1) is 20.5. The maximum atomic E-state index is 12.5. The van der Waals surface area contributed by atoms with Gasteiger partial charge in [-0.15, -0.1) is 0 Å². The fraction of sp³-hybridized carbons (Fsp3) is 0.474. The lowest BCUT2D eigenvalue weighted by Gasteiger charge is -2.12. The number of hydrogen-bond donors (Lipinski definition) is 2. The van der Waals surface area contributed by atoms with E-state index in [1.54, 1.807) is 24.7 Å². The summed E-state index contributed by atoms with van der Waals surface area (Å²) >= 11 is 0. The standard InChI is InChI=1S/C19H26N4O4S/c24-19(21-8-1-2-10-23-11-9-20-15-23)16-5-3-7-18(13-16)28(25,26)22-14-17-6-4-12-27-17/h3,5,7,9,11,13,15,17,22H,1-2,4,6,8,10,12,14H2,(H,21,24). The molecule has 2 aromatic rings. The Kier molecular flexibility index (Phi) is 7.18. The first-order valence-corrected chi connectivity index (χ1v) is 11.0. The van der Waals surface area contributed by atoms with Gasteiger partial charge in [-0.3, -0.25) is 4.79 Å². The van der Waals surface area contributed by atoms with Crippen molar-refractivity contribution in [3.8, 4) is 0 Å². The SMILES string of the molecule is O=C(NCCCCn1ccnc1)c1cccc(S(=O)(=O)NCC2CCCO2)c1. The van der Waals surface area contributed by atoms with Crippen LogP contribution in [0.25, 0.3) is 0 Å². The van der Waals surface area contributed by atoms with Gasteiger partial charge in [-0.2, -0.15) is 0 Å². The summed E-state index contributed by atoms with van der Waals surface area (Å²) in [4.78, 5) is 16.4. The molecule has 0 aliphatic carbocycles. The molecule has 2 heterocycles. The van der Waals surface area contributed by atoms with Crippen molar-refractivity contribution in [1.82, 2.24) is 19.6 Å². The lowest BCUT2D eigenvalue weighted by atomic mass is 10.2. The molecule has 1 aromatic carbocycles. The number of nitrogens with zero attached hydrogens (tertiary/aromatic N) is 2. The summed E-state index contributed by atoms with van der Waals surface area (Å²) in [6.07, 6.45) is 8.86. The first-order valence-electron chi connectivity index (χ1n) is 9.50. The van der Waals surface area contributed by atoms with E-state index in [4.69, 9.17) is 4.74 Å². The van der Waals surface area contributed by atoms with Crippen molar-refractivity contribution >= 4 is 15.9 Å². The summed E-state index contributed by atoms with van der Waals surface area (Å²) in [5, 5.41) is 2.84. The lowest BCUT2D eigenvalue weighted by molar-refractivity contribution is 0.0952. The molecule has 28 heavy (non-hydrogen) atoms. The van der Waals surface area contributed by atoms with Gasteiger partial charge in [0.1, 0.15) is 0 Å². The molecule has 1 aliphatic rings. The number of sulfonamides is 1. The summed E-state index contributed by atoms with van der Waals surface area (Å²) in [5.74, 6) is -0.279. The summed E-state index contributed by atoms with van der Waals surface area (Å²) in [7, 11) is -3.68. The average Bonchev–Trinajstić information content (AvgIpc) is 3.40. The number of benzene rings is 1. The molecule has 2 N–H and O–H groups in total. The highest BCUT2D eigenvalue weighted by Crippen LogP contribution is 2.14. The first-order chi connectivity index (χ1) is 13.5. The third-order valence-electron chi connectivity index (χ3n) is 4.62. The van der Waals surface area contributed by atoms with Crippen LogP contribution in [0.3, 0.4) is 0 Å². The number of rotatable bonds is 10. The Hall–Kier alpha value is -2.23. The predicted octanol–water partition coefficient (Wildman–Crippen LogP) is 1.55. The fourth-order valence-electron chi connectivity index (χ4n) is 3.04. The third-order valence-corrected chi connectivity index (χ3v) is 6.04. The highest BCUT2D eigenvalue weighted by molar-refractivity contribution is 7.89. The van der Waals surface area contributed by atoms with Gasteiger partial charge in [-0.25, -0.2) is 18.1 Å². The zero-order valence-electron chi connectivity index (χ0n) is 15.7. The molecule has 1 saturated heterocycles. The van der Waals surface area contributed by atoms with Crippen molar-refractivity contribution < 1.29 is 17.9 Å². The molecule has 1 aliphatic heterocycles. The molecule has 8 nitrogen and oxygen atoms in total. The molecule has 3 rings (SSSR count). The minimum absolute atomic E-state index is 0.0800. The Balaban J connectivity index is 1.47. The second-order valence-corrected chi connectivity index (χ2v) is 8.55. The predicted molar refractivity (Wildman–Crippen MR) is 104 cm³/mol. The molecular weight excluding hydrogens is 380 g/mol. The lowest BCUT2D eigenvalue weighted by Crippen LogP contribution is -2.32. The van der Waals surface area contributed by atoms with E-state index < -0.39 is 10.0 Å². The van der Waals surface area contributed by atoms with Gasteiger partial charge in [0.15, 0.2) is 0 Å². The number of ether oxygens (including phenoxy) is 1. The molecule has 1 unspecified atom stereocenters. The molecule has 0 bridgehead atoms. The van der Waals surface area contributed by atoms with E-state index in [0.29, 0.717) is 18.7 Å². The Bertz CT molecular complexity index is 862. The van der Waals surface area contributed by atoms with Crippen molar-refractivity contribution in [2.75, 3.05) is 19.7 Å². The third kappa shape index (κ3) is 5.88. The van der Waals surface area contributed by atoms with E-state index in [2.05, 4.69) is 15.0 Å². The number of amides is 1. The van der Waals surface area contributed by atoms with E-state index in [1.165, 1.54) is 12.1 Å². The van der Waals surface area contributed by atoms with Gasteiger partial charge in [-0.05, 0) is 43.9 Å². The molecule has 1 amide bonds. The van der Waals surface area contributed by atoms with Crippen LogP contribution in [0, 0.1) is 0 Å². The van der Waals surface area contributed by atoms with E-state index in [-0.39, 0.29) is 23.5 Å². The number of hydrogen-bond acceptors (Lipinski definition) is 5. The Morgan fingerprint density at radius 3 is 2.96 bits per heavy atom. The monoisotopic (exact) mass is 406 g/mol. The van der Waals surface area contributed by atoms with Crippen LogP contribution in [0.5, 0.6) is 0 Å². The number of aryl methyl sites for hydroxylation is 1. The molecular formula is C19H26N4O4S. The molecule has 0 spiro atoms. The zero-order chi connectivity index (χ0) is 19.8. The quantitative estimate of drug-likeness (QED) is 0.583. The minimum Gasteiger partial charge on any atom is -0.377 e. The van der Waals surface area contributed by atoms with Crippen LogP contribution in [0.1, 0.15) is 36.0 Å². The summed E-state index contributed by atoms with van der Waals surface area (Å²) in [5.41, 5.74) is 0.328. The smallest absolute Gasteiger partial charge is 0.251 e. The van der Waals surface area contributed by atoms with E-state index in [9.17, 15) is 13.2 Å². The van der Waals surface area contributed by atoms with Crippen molar-refractivity contribution in [1.29, 1.82) is 0 Å². The van der Waals surface area contributed by atoms with Crippen molar-refractivity contribution in [3.05, 3.63) is 48.5 Å². The fourth-order valence-corrected chi connectivity index (χ4v) is 4.15. The molecule has 1 aromatic heterocycles. The van der Waals surface area contributed by atoms with Gasteiger partial charge >= 0.3 is 0 Å². The molecule has 0 saturated carbocycles. The van der Waals surface area contributed by atoms with Gasteiger partial charge in [0, 0.05) is 44.2 Å². The Morgan fingerprint density at radius 2 is 2.21 bits per heavy atom. The Morgan fingerprint density at radius 1 is 1.32 bits per heavy atom. The van der Waals surface area contributed by atoms with Gasteiger partial charge < -0.3 is 14.6 Å². The van der Waals surface area contributed by atoms with Gasteiger partial charge in [0.25, 0.3) is 5.91 Å². The summed E-state index contributed by atoms with van der Waals surface area (Å²) in [6, 6.07) is 6.08. The van der Waals surface area contributed by atoms with E-state index in [0.717, 1.165) is 32.2 Å². The summed E-state index contributed by atoms with van der Waals surface area (Å²) in [6.45, 7) is 2.29. The average molecular weight is 407 g/mol. The second kappa shape index (κ2) is 9.81. The van der Waals surface area contributed by atoms with Crippen molar-refractivity contribution in [2.24, 2.45) is 0 Å². The van der Waals surface area contributed by atoms with Gasteiger partial charge in [0.05, 0.1) is 17.3 Å². The molecule has 9 heteroatoms. The number of nitrogens with one attached hydrogen (secondary N) is 2. The second-order valence-electron chi connectivity index (χ2n) is 6.78. The van der Waals surface area contributed by atoms with Gasteiger partial charge in [-0.1, -0.05) is 6.07 Å². The van der Waals surface area contributed by atoms with Crippen LogP contribution in [0.2, 0.25) is 0 Å². The van der Waals surface area contributed by atoms with E-state index >= 15 is 0 Å². The van der Waals surface area contributed by atoms with Crippen LogP contribution < -0.4 is 10.0 Å². The highest BCUT2D eigenvalue weighted by Gasteiger charge is 2.21. The van der Waals surface area contributed by atoms with Crippen LogP contribution in [-0.4, -0.2) is 49.7 Å². The number of carbonyl (C=O) groups is 1. The summed E-state index contributed by atoms with van der Waals surface area (Å²) < 4.78 is 34.9. The topological polar surface area (TPSA) is 102 Å². The van der Waals surface area contributed by atoms with Crippen molar-refractivity contribution in [2.45, 2.75) is 43.2 Å². The highest BCUT2D eigenvalue weighted by atomic mass is 32.2. The molecule has 0 radical (unpaired) electrons. The van der Waals surface area contributed by atoms with Gasteiger partial charge in [0.2, 0.25) is 10.0 Å². The minimum atomic E-state index is -3.68. The Labute approximate surface area is 165 Å². The van der Waals surface area contributed by atoms with Crippen LogP contribution >= 0.6 is 0 Å². The zero-order valence-corrected chi connectivity index (χ0v) is 16.5. The molecule has 152 valence electrons. The van der Waals surface area contributed by atoms with E-state index in [1.807, 2.05) is 10.8 Å². The van der Waals surface area contributed by atoms with Crippen LogP contribution in [0.4, 0.5) is 0 Å². The number of imidazole rings is 1. The molecule has 1 atom stereocenters. The largest absolute Gasteiger partial charge is 0.377 e. The maximum Gasteiger partial charge on any atom is 0.251 e.